The Morgan fingerprint density at radius 2 is 2.07 bits per heavy atom. The van der Waals surface area contributed by atoms with Crippen LogP contribution < -0.4 is 10.6 Å². The Bertz CT molecular complexity index is 743. The number of nitrogens with zero attached hydrogens (tertiary/aromatic N) is 4. The summed E-state index contributed by atoms with van der Waals surface area (Å²) in [6.45, 7) is 4.92. The molecule has 1 saturated carbocycles. The van der Waals surface area contributed by atoms with Crippen LogP contribution in [0.25, 0.3) is 5.82 Å². The Labute approximate surface area is 168 Å². The molecule has 0 spiro atoms. The van der Waals surface area contributed by atoms with Gasteiger partial charge >= 0.3 is 0 Å². The molecule has 0 aliphatic heterocycles. The first-order chi connectivity index (χ1) is 13.7. The lowest BCUT2D eigenvalue weighted by Gasteiger charge is -2.24. The van der Waals surface area contributed by atoms with Crippen molar-refractivity contribution in [1.29, 1.82) is 0 Å². The van der Waals surface area contributed by atoms with E-state index in [1.54, 1.807) is 6.20 Å². The van der Waals surface area contributed by atoms with Gasteiger partial charge in [-0.05, 0) is 44.2 Å². The smallest absolute Gasteiger partial charge is 0.191 e. The third-order valence-corrected chi connectivity index (χ3v) is 5.68. The van der Waals surface area contributed by atoms with Crippen molar-refractivity contribution in [3.63, 3.8) is 0 Å². The minimum Gasteiger partial charge on any atom is -0.354 e. The van der Waals surface area contributed by atoms with Gasteiger partial charge in [0, 0.05) is 38.2 Å². The molecule has 2 N–H and O–H groups in total. The van der Waals surface area contributed by atoms with E-state index >= 15 is 0 Å². The van der Waals surface area contributed by atoms with Crippen molar-refractivity contribution >= 4 is 5.96 Å². The fraction of sp³-hybridized carbons (Fsp3) is 0.591. The number of aryl methyl sites for hydroxylation is 1. The Balaban J connectivity index is 1.43. The lowest BCUT2D eigenvalue weighted by molar-refractivity contribution is 0.322. The molecule has 2 aromatic rings. The summed E-state index contributed by atoms with van der Waals surface area (Å²) < 4.78 is 1.98. The highest BCUT2D eigenvalue weighted by atomic mass is 15.2. The zero-order valence-corrected chi connectivity index (χ0v) is 17.5. The fourth-order valence-electron chi connectivity index (χ4n) is 3.93. The van der Waals surface area contributed by atoms with Gasteiger partial charge in [0.2, 0.25) is 0 Å². The van der Waals surface area contributed by atoms with E-state index in [9.17, 15) is 0 Å². The van der Waals surface area contributed by atoms with E-state index in [4.69, 9.17) is 0 Å². The first kappa shape index (κ1) is 20.4. The minimum atomic E-state index is 0.429. The van der Waals surface area contributed by atoms with Crippen molar-refractivity contribution < 1.29 is 0 Å². The van der Waals surface area contributed by atoms with Gasteiger partial charge in [0.05, 0.1) is 0 Å². The summed E-state index contributed by atoms with van der Waals surface area (Å²) in [4.78, 5) is 13.2. The van der Waals surface area contributed by atoms with Crippen LogP contribution in [0.1, 0.15) is 63.3 Å². The summed E-state index contributed by atoms with van der Waals surface area (Å²) in [7, 11) is 1.83. The molecule has 6 nitrogen and oxygen atoms in total. The van der Waals surface area contributed by atoms with Gasteiger partial charge in [-0.2, -0.15) is 0 Å². The van der Waals surface area contributed by atoms with Gasteiger partial charge in [0.25, 0.3) is 0 Å². The number of nitrogens with one attached hydrogen (secondary N) is 2. The zero-order valence-electron chi connectivity index (χ0n) is 17.5. The van der Waals surface area contributed by atoms with Gasteiger partial charge in [-0.1, -0.05) is 38.2 Å². The normalized spacial score (nSPS) is 16.8. The molecular weight excluding hydrogens is 348 g/mol. The topological polar surface area (TPSA) is 67.1 Å². The summed E-state index contributed by atoms with van der Waals surface area (Å²) in [6, 6.07) is 4.54. The molecule has 2 aromatic heterocycles. The monoisotopic (exact) mass is 382 g/mol. The van der Waals surface area contributed by atoms with Gasteiger partial charge in [-0.15, -0.1) is 0 Å². The molecule has 0 radical (unpaired) electrons. The maximum Gasteiger partial charge on any atom is 0.191 e. The van der Waals surface area contributed by atoms with Gasteiger partial charge in [0.15, 0.2) is 5.96 Å². The number of guanidine groups is 1. The molecule has 28 heavy (non-hydrogen) atoms. The van der Waals surface area contributed by atoms with Crippen molar-refractivity contribution in [1.82, 2.24) is 25.2 Å². The highest BCUT2D eigenvalue weighted by Crippen LogP contribution is 2.27. The van der Waals surface area contributed by atoms with Crippen LogP contribution in [0.3, 0.4) is 0 Å². The Hall–Kier alpha value is -2.37. The van der Waals surface area contributed by atoms with Crippen molar-refractivity contribution in [2.75, 3.05) is 7.05 Å². The Morgan fingerprint density at radius 1 is 1.25 bits per heavy atom. The first-order valence-corrected chi connectivity index (χ1v) is 10.6. The van der Waals surface area contributed by atoms with Crippen molar-refractivity contribution in [2.24, 2.45) is 10.9 Å². The largest absolute Gasteiger partial charge is 0.354 e. The number of hydrogen-bond donors (Lipinski definition) is 2. The molecule has 2 heterocycles. The van der Waals surface area contributed by atoms with Gasteiger partial charge in [-0.3, -0.25) is 9.56 Å². The van der Waals surface area contributed by atoms with E-state index in [2.05, 4.69) is 38.6 Å². The molecule has 1 aliphatic rings. The summed E-state index contributed by atoms with van der Waals surface area (Å²) in [5, 5.41) is 6.92. The van der Waals surface area contributed by atoms with Crippen LogP contribution >= 0.6 is 0 Å². The molecule has 3 rings (SSSR count). The van der Waals surface area contributed by atoms with Crippen molar-refractivity contribution in [3.8, 4) is 5.82 Å². The number of hydrogen-bond acceptors (Lipinski definition) is 3. The van der Waals surface area contributed by atoms with Crippen molar-refractivity contribution in [2.45, 2.75) is 71.4 Å². The number of imidazole rings is 1. The first-order valence-electron chi connectivity index (χ1n) is 10.6. The van der Waals surface area contributed by atoms with Crippen LogP contribution in [0, 0.1) is 12.8 Å². The molecule has 0 amide bonds. The van der Waals surface area contributed by atoms with E-state index in [0.29, 0.717) is 12.6 Å². The quantitative estimate of drug-likeness (QED) is 0.561. The number of pyridine rings is 1. The fourth-order valence-corrected chi connectivity index (χ4v) is 3.93. The van der Waals surface area contributed by atoms with Crippen LogP contribution in [0.5, 0.6) is 0 Å². The van der Waals surface area contributed by atoms with Gasteiger partial charge in [-0.25, -0.2) is 9.97 Å². The van der Waals surface area contributed by atoms with E-state index in [1.807, 2.05) is 37.0 Å². The summed E-state index contributed by atoms with van der Waals surface area (Å²) in [5.74, 6) is 3.60. The summed E-state index contributed by atoms with van der Waals surface area (Å²) >= 11 is 0. The Morgan fingerprint density at radius 3 is 2.71 bits per heavy atom. The molecular formula is C22H34N6. The highest BCUT2D eigenvalue weighted by molar-refractivity contribution is 5.79. The van der Waals surface area contributed by atoms with Crippen molar-refractivity contribution in [3.05, 3.63) is 42.1 Å². The molecule has 0 bridgehead atoms. The number of rotatable bonds is 7. The maximum atomic E-state index is 4.55. The van der Waals surface area contributed by atoms with Gasteiger partial charge < -0.3 is 10.6 Å². The minimum absolute atomic E-state index is 0.429. The number of aliphatic imine (C=N–C) groups is 1. The molecule has 1 aliphatic carbocycles. The zero-order chi connectivity index (χ0) is 19.8. The van der Waals surface area contributed by atoms with Crippen LogP contribution in [-0.2, 0) is 6.54 Å². The van der Waals surface area contributed by atoms with E-state index in [0.717, 1.165) is 29.1 Å². The second-order valence-electron chi connectivity index (χ2n) is 7.92. The third-order valence-electron chi connectivity index (χ3n) is 5.68. The molecule has 6 heteroatoms. The Kier molecular flexibility index (Phi) is 7.46. The molecule has 1 atom stereocenters. The molecule has 152 valence electrons. The van der Waals surface area contributed by atoms with E-state index in [-0.39, 0.29) is 0 Å². The highest BCUT2D eigenvalue weighted by Gasteiger charge is 2.15. The lowest BCUT2D eigenvalue weighted by atomic mass is 9.85. The molecule has 1 unspecified atom stereocenters. The molecule has 0 saturated heterocycles. The average Bonchev–Trinajstić information content (AvgIpc) is 3.16. The van der Waals surface area contributed by atoms with Crippen LogP contribution in [0.15, 0.2) is 35.7 Å². The summed E-state index contributed by atoms with van der Waals surface area (Å²) in [6.07, 6.45) is 15.2. The standard InChI is InChI=1S/C22H34N6/c1-17(9-10-19-7-5-4-6-8-19)27-22(23-3)26-16-20-11-12-21(25-15-20)28-14-13-24-18(28)2/h11-15,17,19H,4-10,16H2,1-3H3,(H2,23,26,27). The maximum absolute atomic E-state index is 4.55. The SMILES string of the molecule is CN=C(NCc1ccc(-n2ccnc2C)nc1)NC(C)CCC1CCCCC1. The van der Waals surface area contributed by atoms with Gasteiger partial charge in [0.1, 0.15) is 11.6 Å². The van der Waals surface area contributed by atoms with E-state index in [1.165, 1.54) is 44.9 Å². The molecule has 0 aromatic carbocycles. The predicted molar refractivity (Wildman–Crippen MR) is 115 cm³/mol. The molecule has 1 fully saturated rings. The second kappa shape index (κ2) is 10.2. The lowest BCUT2D eigenvalue weighted by Crippen LogP contribution is -2.42. The second-order valence-corrected chi connectivity index (χ2v) is 7.92. The average molecular weight is 383 g/mol. The van der Waals surface area contributed by atoms with Crippen LogP contribution in [0.2, 0.25) is 0 Å². The number of aromatic nitrogens is 3. The third kappa shape index (κ3) is 5.81. The van der Waals surface area contributed by atoms with Crippen LogP contribution in [0.4, 0.5) is 0 Å². The summed E-state index contributed by atoms with van der Waals surface area (Å²) in [5.41, 5.74) is 1.12. The van der Waals surface area contributed by atoms with Crippen LogP contribution in [-0.4, -0.2) is 33.6 Å². The predicted octanol–water partition coefficient (Wildman–Crippen LogP) is 3.99. The van der Waals surface area contributed by atoms with E-state index < -0.39 is 0 Å².